The number of carboxylic acid groups (broad SMARTS) is 1. The molecule has 2 unspecified atom stereocenters. The van der Waals surface area contributed by atoms with E-state index in [0.717, 1.165) is 6.42 Å². The molecule has 1 aliphatic rings. The molecule has 24 heavy (non-hydrogen) atoms. The van der Waals surface area contributed by atoms with E-state index in [2.05, 4.69) is 33.9 Å². The topological polar surface area (TPSA) is 59.0 Å². The van der Waals surface area contributed by atoms with E-state index >= 15 is 0 Å². The van der Waals surface area contributed by atoms with Crippen LogP contribution in [0.3, 0.4) is 0 Å². The van der Waals surface area contributed by atoms with Gasteiger partial charge in [0.25, 0.3) is 0 Å². The van der Waals surface area contributed by atoms with E-state index in [1.54, 1.807) is 6.08 Å². The predicted molar refractivity (Wildman–Crippen MR) is 96.0 cm³/mol. The van der Waals surface area contributed by atoms with E-state index in [1.807, 2.05) is 19.9 Å². The lowest BCUT2D eigenvalue weighted by Crippen LogP contribution is -2.49. The number of carbonyl (C=O) groups is 1. The highest BCUT2D eigenvalue weighted by atomic mass is 16.6. The third-order valence-electron chi connectivity index (χ3n) is 4.40. The molecule has 1 fully saturated rings. The summed E-state index contributed by atoms with van der Waals surface area (Å²) in [4.78, 5) is 13.3. The average molecular weight is 339 g/mol. The van der Waals surface area contributed by atoms with E-state index in [-0.39, 0.29) is 23.5 Å². The van der Waals surface area contributed by atoms with Crippen LogP contribution in [0, 0.1) is 11.3 Å². The number of hydrogen-bond donors (Lipinski definition) is 1. The second-order valence-corrected chi connectivity index (χ2v) is 8.02. The maximum Gasteiger partial charge on any atom is 0.409 e. The summed E-state index contributed by atoms with van der Waals surface area (Å²) < 4.78 is 11.8. The zero-order valence-electron chi connectivity index (χ0n) is 15.7. The molecule has 1 heterocycles. The van der Waals surface area contributed by atoms with Gasteiger partial charge < -0.3 is 14.6 Å². The van der Waals surface area contributed by atoms with E-state index < -0.39 is 11.8 Å². The van der Waals surface area contributed by atoms with E-state index in [9.17, 15) is 9.90 Å². The molecule has 138 valence electrons. The van der Waals surface area contributed by atoms with Crippen LogP contribution in [0.15, 0.2) is 25.3 Å². The Labute approximate surface area is 146 Å². The number of nitrogens with zero attached hydrogens (tertiary/aromatic N) is 1. The van der Waals surface area contributed by atoms with Gasteiger partial charge in [-0.1, -0.05) is 32.9 Å². The molecule has 0 aliphatic carbocycles. The fourth-order valence-corrected chi connectivity index (χ4v) is 3.46. The molecule has 5 heteroatoms. The molecule has 1 amide bonds. The predicted octanol–water partition coefficient (Wildman–Crippen LogP) is 4.30. The van der Waals surface area contributed by atoms with Crippen molar-refractivity contribution in [2.75, 3.05) is 13.2 Å². The van der Waals surface area contributed by atoms with Crippen molar-refractivity contribution in [2.45, 2.75) is 65.3 Å². The van der Waals surface area contributed by atoms with Gasteiger partial charge in [0.2, 0.25) is 0 Å². The van der Waals surface area contributed by atoms with Crippen LogP contribution in [0.1, 0.15) is 47.5 Å². The van der Waals surface area contributed by atoms with Crippen LogP contribution in [-0.2, 0) is 9.47 Å². The van der Waals surface area contributed by atoms with Crippen LogP contribution in [-0.4, -0.2) is 47.2 Å². The molecule has 5 nitrogen and oxygen atoms in total. The van der Waals surface area contributed by atoms with E-state index in [0.29, 0.717) is 19.6 Å². The van der Waals surface area contributed by atoms with Crippen molar-refractivity contribution < 1.29 is 19.4 Å². The highest BCUT2D eigenvalue weighted by Gasteiger charge is 2.53. The Bertz CT molecular complexity index is 453. The fourth-order valence-electron chi connectivity index (χ4n) is 3.46. The summed E-state index contributed by atoms with van der Waals surface area (Å²) in [5.41, 5.74) is -0.998. The fraction of sp³-hybridized carbons (Fsp3) is 0.737. The van der Waals surface area contributed by atoms with Crippen molar-refractivity contribution in [2.24, 2.45) is 11.3 Å². The van der Waals surface area contributed by atoms with Gasteiger partial charge >= 0.3 is 6.09 Å². The summed E-state index contributed by atoms with van der Waals surface area (Å²) in [7, 11) is 0. The zero-order valence-corrected chi connectivity index (χ0v) is 15.7. The zero-order chi connectivity index (χ0) is 18.5. The highest BCUT2D eigenvalue weighted by Crippen LogP contribution is 2.42. The molecule has 1 aliphatic heterocycles. The third kappa shape index (κ3) is 5.08. The minimum absolute atomic E-state index is 0.160. The van der Waals surface area contributed by atoms with Gasteiger partial charge in [0.05, 0.1) is 25.4 Å². The lowest BCUT2D eigenvalue weighted by molar-refractivity contribution is -0.0925. The first kappa shape index (κ1) is 20.7. The summed E-state index contributed by atoms with van der Waals surface area (Å²) in [5.74, 6) is 0.191. The van der Waals surface area contributed by atoms with Gasteiger partial charge in [-0.05, 0) is 38.0 Å². The van der Waals surface area contributed by atoms with Crippen LogP contribution in [0.4, 0.5) is 4.79 Å². The molecule has 1 saturated heterocycles. The summed E-state index contributed by atoms with van der Waals surface area (Å²) in [5, 5.41) is 9.74. The maximum atomic E-state index is 11.9. The normalized spacial score (nSPS) is 24.6. The van der Waals surface area contributed by atoms with Crippen molar-refractivity contribution in [1.29, 1.82) is 0 Å². The first-order valence-electron chi connectivity index (χ1n) is 8.54. The number of allylic oxidation sites excluding steroid dienone is 1. The van der Waals surface area contributed by atoms with E-state index in [1.165, 1.54) is 4.90 Å². The summed E-state index contributed by atoms with van der Waals surface area (Å²) in [6.07, 6.45) is 3.92. The van der Waals surface area contributed by atoms with Gasteiger partial charge in [0, 0.05) is 0 Å². The summed E-state index contributed by atoms with van der Waals surface area (Å²) >= 11 is 0. The van der Waals surface area contributed by atoms with Gasteiger partial charge in [-0.15, -0.1) is 13.2 Å². The average Bonchev–Trinajstić information content (AvgIpc) is 2.70. The largest absolute Gasteiger partial charge is 0.465 e. The van der Waals surface area contributed by atoms with Gasteiger partial charge in [0.1, 0.15) is 5.72 Å². The van der Waals surface area contributed by atoms with Crippen LogP contribution < -0.4 is 0 Å². The van der Waals surface area contributed by atoms with Crippen molar-refractivity contribution in [3.8, 4) is 0 Å². The third-order valence-corrected chi connectivity index (χ3v) is 4.40. The minimum atomic E-state index is -0.943. The van der Waals surface area contributed by atoms with Crippen LogP contribution in [0.5, 0.6) is 0 Å². The molecule has 0 saturated carbocycles. The van der Waals surface area contributed by atoms with E-state index in [4.69, 9.17) is 9.47 Å². The van der Waals surface area contributed by atoms with Crippen molar-refractivity contribution in [1.82, 2.24) is 4.90 Å². The maximum absolute atomic E-state index is 11.9. The van der Waals surface area contributed by atoms with Crippen LogP contribution in [0.2, 0.25) is 0 Å². The molecule has 0 spiro atoms. The summed E-state index contributed by atoms with van der Waals surface area (Å²) in [6.45, 7) is 18.4. The molecule has 1 rings (SSSR count). The second-order valence-electron chi connectivity index (χ2n) is 8.02. The molecule has 3 atom stereocenters. The van der Waals surface area contributed by atoms with Crippen LogP contribution in [0.25, 0.3) is 0 Å². The molecule has 0 aromatic heterocycles. The SMILES string of the molecule is C=CCOC[C@H](CC=C)CC1C(C(C)(C)C)OC(C)(C)N1C(=O)O. The molecule has 1 N–H and O–H groups in total. The van der Waals surface area contributed by atoms with Gasteiger partial charge in [-0.2, -0.15) is 0 Å². The standard InChI is InChI=1S/C19H33NO4/c1-8-10-14(13-23-11-9-2)12-15-16(18(3,4)5)24-19(6,7)20(15)17(21)22/h8-9,14-16H,1-2,10-13H2,3-7H3,(H,21,22)/t14-,15?,16?/m1/s1. The number of rotatable bonds is 8. The van der Waals surface area contributed by atoms with Gasteiger partial charge in [-0.25, -0.2) is 4.79 Å². The lowest BCUT2D eigenvalue weighted by Gasteiger charge is -2.34. The Morgan fingerprint density at radius 2 is 2.00 bits per heavy atom. The molecular weight excluding hydrogens is 306 g/mol. The Balaban J connectivity index is 3.03. The second kappa shape index (κ2) is 8.17. The number of amides is 1. The number of hydrogen-bond acceptors (Lipinski definition) is 3. The Morgan fingerprint density at radius 1 is 1.38 bits per heavy atom. The number of ether oxygens (including phenoxy) is 2. The lowest BCUT2D eigenvalue weighted by atomic mass is 9.81. The first-order valence-corrected chi connectivity index (χ1v) is 8.54. The highest BCUT2D eigenvalue weighted by molar-refractivity contribution is 5.67. The minimum Gasteiger partial charge on any atom is -0.465 e. The molecule has 0 aromatic rings. The molecule has 0 bridgehead atoms. The van der Waals surface area contributed by atoms with Crippen molar-refractivity contribution in [3.05, 3.63) is 25.3 Å². The molecular formula is C19H33NO4. The Hall–Kier alpha value is -1.33. The van der Waals surface area contributed by atoms with Crippen molar-refractivity contribution in [3.63, 3.8) is 0 Å². The Kier molecular flexibility index (Phi) is 7.05. The van der Waals surface area contributed by atoms with Crippen molar-refractivity contribution >= 4 is 6.09 Å². The summed E-state index contributed by atoms with van der Waals surface area (Å²) in [6, 6.07) is -0.213. The quantitative estimate of drug-likeness (QED) is 0.529. The van der Waals surface area contributed by atoms with Gasteiger partial charge in [0.15, 0.2) is 0 Å². The van der Waals surface area contributed by atoms with Crippen LogP contribution >= 0.6 is 0 Å². The molecule has 0 radical (unpaired) electrons. The monoisotopic (exact) mass is 339 g/mol. The van der Waals surface area contributed by atoms with Gasteiger partial charge in [-0.3, -0.25) is 4.90 Å². The smallest absolute Gasteiger partial charge is 0.409 e. The Morgan fingerprint density at radius 3 is 2.46 bits per heavy atom. The molecule has 0 aromatic carbocycles. The first-order chi connectivity index (χ1) is 11.0.